The minimum atomic E-state index is -3.11. The monoisotopic (exact) mass is 214 g/mol. The van der Waals surface area contributed by atoms with Crippen molar-refractivity contribution in [1.82, 2.24) is 9.71 Å². The van der Waals surface area contributed by atoms with Gasteiger partial charge in [-0.2, -0.15) is 0 Å². The molecule has 5 heteroatoms. The first-order chi connectivity index (χ1) is 6.53. The maximum absolute atomic E-state index is 11.1. The highest BCUT2D eigenvalue weighted by Crippen LogP contribution is 1.99. The van der Waals surface area contributed by atoms with E-state index in [4.69, 9.17) is 0 Å². The first-order valence-corrected chi connectivity index (χ1v) is 6.07. The third-order valence-electron chi connectivity index (χ3n) is 1.85. The molecule has 0 spiro atoms. The second-order valence-electron chi connectivity index (χ2n) is 3.03. The lowest BCUT2D eigenvalue weighted by molar-refractivity contribution is 0.582. The van der Waals surface area contributed by atoms with Crippen molar-refractivity contribution in [2.75, 3.05) is 5.75 Å². The van der Waals surface area contributed by atoms with Crippen LogP contribution in [0.3, 0.4) is 0 Å². The average molecular weight is 214 g/mol. The van der Waals surface area contributed by atoms with Crippen molar-refractivity contribution in [3.05, 3.63) is 29.6 Å². The highest BCUT2D eigenvalue weighted by atomic mass is 32.2. The lowest BCUT2D eigenvalue weighted by Crippen LogP contribution is -2.24. The van der Waals surface area contributed by atoms with E-state index in [0.717, 1.165) is 11.3 Å². The van der Waals surface area contributed by atoms with Crippen LogP contribution in [0.1, 0.15) is 18.2 Å². The van der Waals surface area contributed by atoms with Crippen molar-refractivity contribution in [2.45, 2.75) is 20.4 Å². The zero-order valence-corrected chi connectivity index (χ0v) is 9.13. The van der Waals surface area contributed by atoms with Crippen LogP contribution in [-0.2, 0) is 16.6 Å². The van der Waals surface area contributed by atoms with E-state index in [9.17, 15) is 8.42 Å². The number of aryl methyl sites for hydroxylation is 1. The van der Waals surface area contributed by atoms with E-state index in [1.165, 1.54) is 0 Å². The van der Waals surface area contributed by atoms with Crippen molar-refractivity contribution in [3.8, 4) is 0 Å². The van der Waals surface area contributed by atoms with Crippen LogP contribution in [0, 0.1) is 6.92 Å². The predicted octanol–water partition coefficient (Wildman–Crippen LogP) is 0.829. The number of aromatic nitrogens is 1. The Bertz CT molecular complexity index is 384. The molecule has 0 aliphatic carbocycles. The second-order valence-corrected chi connectivity index (χ2v) is 5.13. The van der Waals surface area contributed by atoms with Gasteiger partial charge in [-0.1, -0.05) is 6.07 Å². The van der Waals surface area contributed by atoms with Gasteiger partial charge < -0.3 is 0 Å². The number of hydrogen-bond donors (Lipinski definition) is 1. The summed E-state index contributed by atoms with van der Waals surface area (Å²) < 4.78 is 24.7. The standard InChI is InChI=1S/C9H14N2O2S/c1-3-14(12,13)11-7-9-5-4-8(2)10-6-9/h4-6,11H,3,7H2,1-2H3. The molecule has 1 heterocycles. The van der Waals surface area contributed by atoms with Crippen LogP contribution < -0.4 is 4.72 Å². The Morgan fingerprint density at radius 3 is 2.64 bits per heavy atom. The Labute approximate surface area is 84.4 Å². The first kappa shape index (κ1) is 11.1. The van der Waals surface area contributed by atoms with Crippen LogP contribution in [0.4, 0.5) is 0 Å². The van der Waals surface area contributed by atoms with Gasteiger partial charge in [0.25, 0.3) is 0 Å². The maximum atomic E-state index is 11.1. The van der Waals surface area contributed by atoms with Crippen molar-refractivity contribution in [3.63, 3.8) is 0 Å². The normalized spacial score (nSPS) is 11.6. The fraction of sp³-hybridized carbons (Fsp3) is 0.444. The molecule has 0 radical (unpaired) electrons. The Morgan fingerprint density at radius 1 is 1.43 bits per heavy atom. The highest BCUT2D eigenvalue weighted by Gasteiger charge is 2.05. The molecule has 0 aromatic carbocycles. The molecular weight excluding hydrogens is 200 g/mol. The quantitative estimate of drug-likeness (QED) is 0.807. The van der Waals surface area contributed by atoms with Gasteiger partial charge in [0.05, 0.1) is 5.75 Å². The van der Waals surface area contributed by atoms with Gasteiger partial charge in [-0.15, -0.1) is 0 Å². The number of hydrogen-bond acceptors (Lipinski definition) is 3. The zero-order valence-electron chi connectivity index (χ0n) is 8.32. The molecular formula is C9H14N2O2S. The molecule has 0 aliphatic heterocycles. The minimum Gasteiger partial charge on any atom is -0.261 e. The molecule has 1 aromatic heterocycles. The number of pyridine rings is 1. The van der Waals surface area contributed by atoms with Crippen molar-refractivity contribution in [2.24, 2.45) is 0 Å². The molecule has 1 N–H and O–H groups in total. The minimum absolute atomic E-state index is 0.103. The Hall–Kier alpha value is -0.940. The van der Waals surface area contributed by atoms with E-state index in [1.54, 1.807) is 13.1 Å². The van der Waals surface area contributed by atoms with Crippen LogP contribution in [0.15, 0.2) is 18.3 Å². The average Bonchev–Trinajstić information content (AvgIpc) is 2.17. The summed E-state index contributed by atoms with van der Waals surface area (Å²) in [7, 11) is -3.11. The van der Waals surface area contributed by atoms with Crippen molar-refractivity contribution >= 4 is 10.0 Å². The Kier molecular flexibility index (Phi) is 3.60. The molecule has 0 bridgehead atoms. The molecule has 1 aromatic rings. The topological polar surface area (TPSA) is 59.1 Å². The summed E-state index contributed by atoms with van der Waals surface area (Å²) in [6.45, 7) is 3.80. The molecule has 1 rings (SSSR count). The number of nitrogens with zero attached hydrogens (tertiary/aromatic N) is 1. The first-order valence-electron chi connectivity index (χ1n) is 4.42. The Morgan fingerprint density at radius 2 is 2.14 bits per heavy atom. The fourth-order valence-corrected chi connectivity index (χ4v) is 1.49. The molecule has 14 heavy (non-hydrogen) atoms. The summed E-state index contributed by atoms with van der Waals surface area (Å²) in [6, 6.07) is 3.72. The second kappa shape index (κ2) is 4.52. The predicted molar refractivity (Wildman–Crippen MR) is 55.3 cm³/mol. The van der Waals surface area contributed by atoms with Crippen LogP contribution >= 0.6 is 0 Å². The Balaban J connectivity index is 2.59. The summed E-state index contributed by atoms with van der Waals surface area (Å²) in [5.41, 5.74) is 1.79. The van der Waals surface area contributed by atoms with E-state index >= 15 is 0 Å². The van der Waals surface area contributed by atoms with Gasteiger partial charge in [0.2, 0.25) is 10.0 Å². The molecule has 0 saturated carbocycles. The molecule has 4 nitrogen and oxygen atoms in total. The van der Waals surface area contributed by atoms with Gasteiger partial charge in [-0.05, 0) is 25.5 Å². The van der Waals surface area contributed by atoms with Crippen LogP contribution in [-0.4, -0.2) is 19.2 Å². The molecule has 0 atom stereocenters. The molecule has 0 amide bonds. The summed E-state index contributed by atoms with van der Waals surface area (Å²) >= 11 is 0. The van der Waals surface area contributed by atoms with E-state index < -0.39 is 10.0 Å². The van der Waals surface area contributed by atoms with E-state index in [1.807, 2.05) is 19.1 Å². The van der Waals surface area contributed by atoms with Gasteiger partial charge in [-0.3, -0.25) is 4.98 Å². The molecule has 0 aliphatic rings. The number of nitrogens with one attached hydrogen (secondary N) is 1. The number of rotatable bonds is 4. The van der Waals surface area contributed by atoms with Crippen molar-refractivity contribution in [1.29, 1.82) is 0 Å². The zero-order chi connectivity index (χ0) is 10.6. The lowest BCUT2D eigenvalue weighted by atomic mass is 10.2. The molecule has 0 unspecified atom stereocenters. The van der Waals surface area contributed by atoms with Gasteiger partial charge in [0, 0.05) is 18.4 Å². The summed E-state index contributed by atoms with van der Waals surface area (Å²) in [6.07, 6.45) is 1.67. The van der Waals surface area contributed by atoms with Crippen molar-refractivity contribution < 1.29 is 8.42 Å². The van der Waals surface area contributed by atoms with Crippen LogP contribution in [0.25, 0.3) is 0 Å². The molecule has 0 fully saturated rings. The maximum Gasteiger partial charge on any atom is 0.211 e. The molecule has 0 saturated heterocycles. The number of sulfonamides is 1. The smallest absolute Gasteiger partial charge is 0.211 e. The van der Waals surface area contributed by atoms with Gasteiger partial charge >= 0.3 is 0 Å². The third-order valence-corrected chi connectivity index (χ3v) is 3.19. The van der Waals surface area contributed by atoms with E-state index in [0.29, 0.717) is 6.54 Å². The largest absolute Gasteiger partial charge is 0.261 e. The summed E-state index contributed by atoms with van der Waals surface area (Å²) in [5, 5.41) is 0. The SMILES string of the molecule is CCS(=O)(=O)NCc1ccc(C)nc1. The lowest BCUT2D eigenvalue weighted by Gasteiger charge is -2.03. The highest BCUT2D eigenvalue weighted by molar-refractivity contribution is 7.89. The van der Waals surface area contributed by atoms with Crippen LogP contribution in [0.5, 0.6) is 0 Å². The third kappa shape index (κ3) is 3.43. The van der Waals surface area contributed by atoms with E-state index in [2.05, 4.69) is 9.71 Å². The fourth-order valence-electron chi connectivity index (χ4n) is 0.898. The molecule has 78 valence electrons. The summed E-state index contributed by atoms with van der Waals surface area (Å²) in [5.74, 6) is 0.103. The van der Waals surface area contributed by atoms with Gasteiger partial charge in [0.15, 0.2) is 0 Å². The van der Waals surface area contributed by atoms with Gasteiger partial charge in [0.1, 0.15) is 0 Å². The van der Waals surface area contributed by atoms with E-state index in [-0.39, 0.29) is 5.75 Å². The summed E-state index contributed by atoms with van der Waals surface area (Å²) in [4.78, 5) is 4.07. The van der Waals surface area contributed by atoms with Crippen LogP contribution in [0.2, 0.25) is 0 Å². The van der Waals surface area contributed by atoms with Gasteiger partial charge in [-0.25, -0.2) is 13.1 Å².